The van der Waals surface area contributed by atoms with Crippen LogP contribution < -0.4 is 0 Å². The molecule has 0 aromatic rings. The molecule has 3 aliphatic rings. The Morgan fingerprint density at radius 2 is 0.649 bits per heavy atom. The van der Waals surface area contributed by atoms with Crippen LogP contribution in [0.2, 0.25) is 0 Å². The summed E-state index contributed by atoms with van der Waals surface area (Å²) in [5.41, 5.74) is -3.13. The van der Waals surface area contributed by atoms with Gasteiger partial charge in [0.15, 0.2) is 0 Å². The van der Waals surface area contributed by atoms with E-state index in [2.05, 4.69) is 41.5 Å². The molecular weight excluding hydrogens is 468 g/mol. The minimum absolute atomic E-state index is 0.270. The van der Waals surface area contributed by atoms with Crippen molar-refractivity contribution in [1.29, 1.82) is 0 Å². The first-order valence-electron chi connectivity index (χ1n) is 14.6. The van der Waals surface area contributed by atoms with Crippen LogP contribution in [0.25, 0.3) is 0 Å². The topological polar surface area (TPSA) is 78.9 Å². The Morgan fingerprint density at radius 1 is 0.432 bits per heavy atom. The molecule has 212 valence electrons. The van der Waals surface area contributed by atoms with Gasteiger partial charge in [0.05, 0.1) is 0 Å². The van der Waals surface area contributed by atoms with E-state index in [9.17, 15) is 14.4 Å². The van der Waals surface area contributed by atoms with Gasteiger partial charge in [-0.15, -0.1) is 0 Å². The van der Waals surface area contributed by atoms with Crippen molar-refractivity contribution in [3.63, 3.8) is 0 Å². The van der Waals surface area contributed by atoms with Crippen molar-refractivity contribution in [2.45, 2.75) is 156 Å². The minimum Gasteiger partial charge on any atom is -0.458 e. The number of carbonyl (C=O) groups is 3. The number of rotatable bonds is 6. The first-order chi connectivity index (χ1) is 16.9. The molecule has 6 nitrogen and oxygen atoms in total. The first-order valence-corrected chi connectivity index (χ1v) is 14.6. The summed E-state index contributed by atoms with van der Waals surface area (Å²) in [5.74, 6) is -4.29. The van der Waals surface area contributed by atoms with Crippen LogP contribution in [0.5, 0.6) is 0 Å². The summed E-state index contributed by atoms with van der Waals surface area (Å²) in [4.78, 5) is 41.3. The average molecular weight is 521 g/mol. The lowest BCUT2D eigenvalue weighted by atomic mass is 9.66. The molecule has 3 atom stereocenters. The van der Waals surface area contributed by atoms with Gasteiger partial charge < -0.3 is 14.2 Å². The third kappa shape index (κ3) is 5.73. The van der Waals surface area contributed by atoms with Gasteiger partial charge in [-0.25, -0.2) is 0 Å². The molecule has 3 unspecified atom stereocenters. The van der Waals surface area contributed by atoms with Crippen LogP contribution in [0.15, 0.2) is 0 Å². The molecule has 0 amide bonds. The normalized spacial score (nSPS) is 35.6. The molecule has 6 heteroatoms. The van der Waals surface area contributed by atoms with Gasteiger partial charge in [0, 0.05) is 16.2 Å². The van der Waals surface area contributed by atoms with Gasteiger partial charge in [-0.3, -0.25) is 14.4 Å². The molecule has 0 aliphatic heterocycles. The summed E-state index contributed by atoms with van der Waals surface area (Å²) in [7, 11) is 0. The zero-order valence-electron chi connectivity index (χ0n) is 25.0. The smallest absolute Gasteiger partial charge is 0.332 e. The Morgan fingerprint density at radius 3 is 0.865 bits per heavy atom. The van der Waals surface area contributed by atoms with E-state index in [1.807, 2.05) is 20.8 Å². The highest BCUT2D eigenvalue weighted by molar-refractivity contribution is 6.12. The second-order valence-corrected chi connectivity index (χ2v) is 14.7. The van der Waals surface area contributed by atoms with Gasteiger partial charge in [-0.2, -0.15) is 0 Å². The van der Waals surface area contributed by atoms with Gasteiger partial charge >= 0.3 is 17.9 Å². The van der Waals surface area contributed by atoms with E-state index in [0.29, 0.717) is 19.3 Å². The molecule has 3 fully saturated rings. The number of hydrogen-bond donors (Lipinski definition) is 0. The average Bonchev–Trinajstić information content (AvgIpc) is 2.75. The fourth-order valence-electron chi connectivity index (χ4n) is 6.60. The predicted molar refractivity (Wildman–Crippen MR) is 144 cm³/mol. The molecule has 0 N–H and O–H groups in total. The van der Waals surface area contributed by atoms with Crippen LogP contribution in [-0.4, -0.2) is 34.7 Å². The van der Waals surface area contributed by atoms with Crippen molar-refractivity contribution in [3.8, 4) is 0 Å². The van der Waals surface area contributed by atoms with Crippen molar-refractivity contribution in [1.82, 2.24) is 0 Å². The fraction of sp³-hybridized carbons (Fsp3) is 0.903. The number of carbonyl (C=O) groups excluding carboxylic acids is 3. The maximum absolute atomic E-state index is 13.8. The molecular formula is C31H52O6. The molecule has 3 rings (SSSR count). The van der Waals surface area contributed by atoms with Crippen molar-refractivity contribution >= 4 is 17.9 Å². The second kappa shape index (κ2) is 10.2. The molecule has 0 saturated heterocycles. The quantitative estimate of drug-likeness (QED) is 0.208. The maximum Gasteiger partial charge on any atom is 0.332 e. The summed E-state index contributed by atoms with van der Waals surface area (Å²) in [6, 6.07) is 0. The third-order valence-corrected chi connectivity index (χ3v) is 11.1. The second-order valence-electron chi connectivity index (χ2n) is 14.7. The molecule has 0 aromatic heterocycles. The highest BCUT2D eigenvalue weighted by Gasteiger charge is 2.54. The summed E-state index contributed by atoms with van der Waals surface area (Å²) in [6.07, 6.45) is 10.8. The lowest BCUT2D eigenvalue weighted by molar-refractivity contribution is -0.208. The summed E-state index contributed by atoms with van der Waals surface area (Å²) < 4.78 is 18.3. The molecule has 37 heavy (non-hydrogen) atoms. The Labute approximate surface area is 224 Å². The van der Waals surface area contributed by atoms with E-state index in [1.165, 1.54) is 0 Å². The van der Waals surface area contributed by atoms with E-state index in [1.54, 1.807) is 0 Å². The van der Waals surface area contributed by atoms with E-state index in [0.717, 1.165) is 57.8 Å². The van der Waals surface area contributed by atoms with E-state index < -0.39 is 40.6 Å². The molecule has 0 spiro atoms. The summed E-state index contributed by atoms with van der Waals surface area (Å²) in [5, 5.41) is 0. The van der Waals surface area contributed by atoms with E-state index in [-0.39, 0.29) is 16.2 Å². The molecule has 3 saturated carbocycles. The van der Waals surface area contributed by atoms with Crippen LogP contribution in [0.1, 0.15) is 139 Å². The van der Waals surface area contributed by atoms with Crippen LogP contribution >= 0.6 is 0 Å². The van der Waals surface area contributed by atoms with Crippen LogP contribution in [-0.2, 0) is 28.6 Å². The largest absolute Gasteiger partial charge is 0.458 e. The van der Waals surface area contributed by atoms with Crippen LogP contribution in [0.4, 0.5) is 0 Å². The SMILES string of the molecule is CC1(C)CCCCC1(C)OC(=O)C(C(=O)OC1(C)CCCCC1(C)C)C(=O)OC1(C)CCCCC1(C)C. The Hall–Kier alpha value is -1.59. The Kier molecular flexibility index (Phi) is 8.25. The first kappa shape index (κ1) is 30.0. The number of ether oxygens (including phenoxy) is 3. The number of esters is 3. The van der Waals surface area contributed by atoms with E-state index >= 15 is 0 Å². The van der Waals surface area contributed by atoms with Gasteiger partial charge in [0.25, 0.3) is 5.92 Å². The molecule has 0 radical (unpaired) electrons. The minimum atomic E-state index is -1.75. The van der Waals surface area contributed by atoms with Crippen molar-refractivity contribution in [2.75, 3.05) is 0 Å². The zero-order chi connectivity index (χ0) is 27.9. The predicted octanol–water partition coefficient (Wildman–Crippen LogP) is 7.31. The zero-order valence-corrected chi connectivity index (χ0v) is 25.0. The molecule has 0 bridgehead atoms. The van der Waals surface area contributed by atoms with Crippen molar-refractivity contribution in [3.05, 3.63) is 0 Å². The highest BCUT2D eigenvalue weighted by Crippen LogP contribution is 2.49. The monoisotopic (exact) mass is 520 g/mol. The third-order valence-electron chi connectivity index (χ3n) is 11.1. The van der Waals surface area contributed by atoms with Crippen LogP contribution in [0.3, 0.4) is 0 Å². The highest BCUT2D eigenvalue weighted by atomic mass is 16.6. The standard InChI is InChI=1S/C31H52O6/c1-26(2)16-10-13-19-29(26,7)35-23(32)22(24(33)36-30(8)20-14-11-17-27(30,3)4)25(34)37-31(9)21-15-12-18-28(31,5)6/h22H,10-21H2,1-9H3. The van der Waals surface area contributed by atoms with Crippen molar-refractivity contribution < 1.29 is 28.6 Å². The maximum atomic E-state index is 13.8. The summed E-state index contributed by atoms with van der Waals surface area (Å²) >= 11 is 0. The molecule has 3 aliphatic carbocycles. The van der Waals surface area contributed by atoms with Gasteiger partial charge in [0.2, 0.25) is 0 Å². The van der Waals surface area contributed by atoms with E-state index in [4.69, 9.17) is 14.2 Å². The lowest BCUT2D eigenvalue weighted by Gasteiger charge is -2.49. The van der Waals surface area contributed by atoms with Gasteiger partial charge in [-0.05, 0) is 78.6 Å². The van der Waals surface area contributed by atoms with Gasteiger partial charge in [-0.1, -0.05) is 60.8 Å². The molecule has 0 aromatic carbocycles. The lowest BCUT2D eigenvalue weighted by Crippen LogP contribution is -2.55. The van der Waals surface area contributed by atoms with Crippen LogP contribution in [0, 0.1) is 22.2 Å². The fourth-order valence-corrected chi connectivity index (χ4v) is 6.60. The van der Waals surface area contributed by atoms with Crippen molar-refractivity contribution in [2.24, 2.45) is 22.2 Å². The van der Waals surface area contributed by atoms with Gasteiger partial charge in [0.1, 0.15) is 16.8 Å². The summed E-state index contributed by atoms with van der Waals surface area (Å²) in [6.45, 7) is 18.3. The Bertz CT molecular complexity index is 774. The number of hydrogen-bond acceptors (Lipinski definition) is 6. The molecule has 0 heterocycles. The Balaban J connectivity index is 1.92.